The van der Waals surface area contributed by atoms with Gasteiger partial charge in [0.25, 0.3) is 5.91 Å². The molecule has 2 saturated heterocycles. The Morgan fingerprint density at radius 3 is 2.32 bits per heavy atom. The molecule has 0 spiro atoms. The summed E-state index contributed by atoms with van der Waals surface area (Å²) in [6.45, 7) is 14.1. The molecule has 8 heteroatoms. The Morgan fingerprint density at radius 2 is 1.77 bits per heavy atom. The van der Waals surface area contributed by atoms with Crippen LogP contribution in [-0.2, 0) is 10.0 Å². The standard InChI is InChI=1S/C23H39N3O4S/c1-7-8-13-26(18-15-22(3,4)24-23(5,6)16-18)21(27)19-14-20(17(2)30-19)31(28,29)25-11-9-10-12-25/h14,18,24H,7-13,15-16H2,1-6H3. The van der Waals surface area contributed by atoms with E-state index < -0.39 is 10.0 Å². The van der Waals surface area contributed by atoms with Crippen LogP contribution in [0.5, 0.6) is 0 Å². The predicted molar refractivity (Wildman–Crippen MR) is 122 cm³/mol. The van der Waals surface area contributed by atoms with Gasteiger partial charge in [0.2, 0.25) is 10.0 Å². The Hall–Kier alpha value is -1.38. The second-order valence-corrected chi connectivity index (χ2v) is 12.4. The third-order valence-electron chi connectivity index (χ3n) is 6.39. The van der Waals surface area contributed by atoms with Crippen LogP contribution in [0.1, 0.15) is 89.5 Å². The van der Waals surface area contributed by atoms with E-state index in [1.165, 1.54) is 10.4 Å². The average molecular weight is 454 g/mol. The van der Waals surface area contributed by atoms with Gasteiger partial charge >= 0.3 is 0 Å². The van der Waals surface area contributed by atoms with E-state index in [0.29, 0.717) is 19.6 Å². The lowest BCUT2D eigenvalue weighted by Gasteiger charge is -2.49. The Balaban J connectivity index is 1.90. The zero-order valence-corrected chi connectivity index (χ0v) is 20.8. The first-order valence-electron chi connectivity index (χ1n) is 11.6. The minimum atomic E-state index is -3.63. The molecule has 31 heavy (non-hydrogen) atoms. The number of hydrogen-bond donors (Lipinski definition) is 1. The highest BCUT2D eigenvalue weighted by Gasteiger charge is 2.42. The summed E-state index contributed by atoms with van der Waals surface area (Å²) in [4.78, 5) is 15.6. The molecule has 3 heterocycles. The van der Waals surface area contributed by atoms with Crippen molar-refractivity contribution in [3.05, 3.63) is 17.6 Å². The number of aryl methyl sites for hydroxylation is 1. The number of amides is 1. The molecule has 2 aliphatic rings. The van der Waals surface area contributed by atoms with E-state index in [0.717, 1.165) is 38.5 Å². The van der Waals surface area contributed by atoms with Crippen LogP contribution in [0.4, 0.5) is 0 Å². The largest absolute Gasteiger partial charge is 0.455 e. The van der Waals surface area contributed by atoms with E-state index in [2.05, 4.69) is 39.9 Å². The normalized spacial score (nSPS) is 22.0. The number of carbonyl (C=O) groups is 1. The summed E-state index contributed by atoms with van der Waals surface area (Å²) in [6, 6.07) is 1.51. The Morgan fingerprint density at radius 1 is 1.19 bits per heavy atom. The molecule has 0 saturated carbocycles. The monoisotopic (exact) mass is 453 g/mol. The molecular formula is C23H39N3O4S. The molecule has 0 aromatic carbocycles. The number of rotatable bonds is 7. The maximum Gasteiger partial charge on any atom is 0.289 e. The van der Waals surface area contributed by atoms with Gasteiger partial charge in [0.15, 0.2) is 5.76 Å². The second-order valence-electron chi connectivity index (χ2n) is 10.4. The fraction of sp³-hybridized carbons (Fsp3) is 0.783. The van der Waals surface area contributed by atoms with Crippen LogP contribution in [0, 0.1) is 6.92 Å². The maximum atomic E-state index is 13.6. The summed E-state index contributed by atoms with van der Waals surface area (Å²) in [6.07, 6.45) is 5.29. The van der Waals surface area contributed by atoms with E-state index in [-0.39, 0.29) is 39.4 Å². The average Bonchev–Trinajstić information content (AvgIpc) is 3.29. The van der Waals surface area contributed by atoms with Crippen molar-refractivity contribution >= 4 is 15.9 Å². The molecule has 1 amide bonds. The Labute approximate surface area is 187 Å². The number of nitrogens with zero attached hydrogens (tertiary/aromatic N) is 2. The van der Waals surface area contributed by atoms with Crippen molar-refractivity contribution in [1.29, 1.82) is 0 Å². The minimum Gasteiger partial charge on any atom is -0.455 e. The van der Waals surface area contributed by atoms with Gasteiger partial charge in [0.05, 0.1) is 0 Å². The number of sulfonamides is 1. The van der Waals surface area contributed by atoms with Crippen molar-refractivity contribution in [3.63, 3.8) is 0 Å². The molecule has 176 valence electrons. The van der Waals surface area contributed by atoms with Gasteiger partial charge < -0.3 is 14.6 Å². The van der Waals surface area contributed by atoms with Crippen LogP contribution >= 0.6 is 0 Å². The van der Waals surface area contributed by atoms with E-state index in [1.807, 2.05) is 4.90 Å². The second kappa shape index (κ2) is 8.87. The molecule has 1 aromatic heterocycles. The highest BCUT2D eigenvalue weighted by atomic mass is 32.2. The zero-order chi connectivity index (χ0) is 23.0. The Kier molecular flexibility index (Phi) is 6.94. The first-order valence-corrected chi connectivity index (χ1v) is 13.0. The van der Waals surface area contributed by atoms with Gasteiger partial charge in [-0.3, -0.25) is 4.79 Å². The first-order chi connectivity index (χ1) is 14.4. The molecule has 0 unspecified atom stereocenters. The summed E-state index contributed by atoms with van der Waals surface area (Å²) in [5.41, 5.74) is -0.193. The molecule has 0 atom stereocenters. The van der Waals surface area contributed by atoms with Gasteiger partial charge in [0, 0.05) is 42.8 Å². The van der Waals surface area contributed by atoms with E-state index >= 15 is 0 Å². The van der Waals surface area contributed by atoms with Crippen molar-refractivity contribution in [2.45, 2.75) is 102 Å². The lowest BCUT2D eigenvalue weighted by atomic mass is 9.79. The van der Waals surface area contributed by atoms with Crippen LogP contribution in [0.3, 0.4) is 0 Å². The third-order valence-corrected chi connectivity index (χ3v) is 8.39. The number of hydrogen-bond acceptors (Lipinski definition) is 5. The fourth-order valence-electron chi connectivity index (χ4n) is 5.30. The van der Waals surface area contributed by atoms with Crippen molar-refractivity contribution in [2.24, 2.45) is 0 Å². The van der Waals surface area contributed by atoms with Gasteiger partial charge in [0.1, 0.15) is 10.7 Å². The van der Waals surface area contributed by atoms with Crippen molar-refractivity contribution in [3.8, 4) is 0 Å². The lowest BCUT2D eigenvalue weighted by molar-refractivity contribution is 0.0414. The molecule has 0 bridgehead atoms. The van der Waals surface area contributed by atoms with Crippen molar-refractivity contribution in [2.75, 3.05) is 19.6 Å². The first kappa shape index (κ1) is 24.3. The maximum absolute atomic E-state index is 13.6. The predicted octanol–water partition coefficient (Wildman–Crippen LogP) is 3.92. The summed E-state index contributed by atoms with van der Waals surface area (Å²) in [5.74, 6) is 0.204. The van der Waals surface area contributed by atoms with Gasteiger partial charge in [-0.05, 0) is 66.7 Å². The third kappa shape index (κ3) is 5.34. The molecule has 2 aliphatic heterocycles. The van der Waals surface area contributed by atoms with Crippen molar-refractivity contribution < 1.29 is 17.6 Å². The molecule has 0 aliphatic carbocycles. The van der Waals surface area contributed by atoms with Gasteiger partial charge in [-0.1, -0.05) is 13.3 Å². The number of piperidine rings is 1. The molecule has 3 rings (SSSR count). The van der Waals surface area contributed by atoms with Crippen LogP contribution in [0.15, 0.2) is 15.4 Å². The topological polar surface area (TPSA) is 82.9 Å². The van der Waals surface area contributed by atoms with Crippen LogP contribution < -0.4 is 5.32 Å². The molecule has 7 nitrogen and oxygen atoms in total. The van der Waals surface area contributed by atoms with Crippen LogP contribution in [0.2, 0.25) is 0 Å². The minimum absolute atomic E-state index is 0.0642. The SMILES string of the molecule is CCCCN(C(=O)c1cc(S(=O)(=O)N2CCCC2)c(C)o1)C1CC(C)(C)NC(C)(C)C1. The van der Waals surface area contributed by atoms with E-state index in [9.17, 15) is 13.2 Å². The Bertz CT molecular complexity index is 882. The van der Waals surface area contributed by atoms with Gasteiger partial charge in [-0.2, -0.15) is 4.31 Å². The van der Waals surface area contributed by atoms with Crippen LogP contribution in [0.25, 0.3) is 0 Å². The molecule has 0 radical (unpaired) electrons. The molecular weight excluding hydrogens is 414 g/mol. The van der Waals surface area contributed by atoms with Gasteiger partial charge in [-0.15, -0.1) is 0 Å². The van der Waals surface area contributed by atoms with Gasteiger partial charge in [-0.25, -0.2) is 8.42 Å². The molecule has 1 aromatic rings. The van der Waals surface area contributed by atoms with E-state index in [1.54, 1.807) is 6.92 Å². The summed E-state index contributed by atoms with van der Waals surface area (Å²) < 4.78 is 33.3. The van der Waals surface area contributed by atoms with Crippen LogP contribution in [-0.4, -0.2) is 60.3 Å². The number of nitrogens with one attached hydrogen (secondary N) is 1. The smallest absolute Gasteiger partial charge is 0.289 e. The number of carbonyl (C=O) groups excluding carboxylic acids is 1. The number of furan rings is 1. The zero-order valence-electron chi connectivity index (χ0n) is 20.0. The number of unbranched alkanes of at least 4 members (excludes halogenated alkanes) is 1. The summed E-state index contributed by atoms with van der Waals surface area (Å²) in [5, 5.41) is 3.67. The fourth-order valence-corrected chi connectivity index (χ4v) is 6.98. The molecule has 1 N–H and O–H groups in total. The highest BCUT2D eigenvalue weighted by molar-refractivity contribution is 7.89. The van der Waals surface area contributed by atoms with E-state index in [4.69, 9.17) is 4.42 Å². The summed E-state index contributed by atoms with van der Waals surface area (Å²) >= 11 is 0. The molecule has 2 fully saturated rings. The highest BCUT2D eigenvalue weighted by Crippen LogP contribution is 2.33. The quantitative estimate of drug-likeness (QED) is 0.676. The summed E-state index contributed by atoms with van der Waals surface area (Å²) in [7, 11) is -3.63. The lowest BCUT2D eigenvalue weighted by Crippen LogP contribution is -2.62. The van der Waals surface area contributed by atoms with Crippen molar-refractivity contribution in [1.82, 2.24) is 14.5 Å².